The lowest BCUT2D eigenvalue weighted by molar-refractivity contribution is -0.122. The van der Waals surface area contributed by atoms with Crippen molar-refractivity contribution in [3.63, 3.8) is 0 Å². The molecule has 1 saturated carbocycles. The lowest BCUT2D eigenvalue weighted by Gasteiger charge is -2.36. The van der Waals surface area contributed by atoms with Crippen molar-refractivity contribution >= 4 is 17.2 Å². The first-order chi connectivity index (χ1) is 10.1. The SMILES string of the molecule is CC1CCN(C(CNC(=O)C2CC2C)c2cccs2)CC1. The largest absolute Gasteiger partial charge is 0.354 e. The van der Waals surface area contributed by atoms with E-state index in [-0.39, 0.29) is 11.8 Å². The van der Waals surface area contributed by atoms with Crippen molar-refractivity contribution in [2.75, 3.05) is 19.6 Å². The maximum Gasteiger partial charge on any atom is 0.223 e. The molecule has 21 heavy (non-hydrogen) atoms. The first-order valence-corrected chi connectivity index (χ1v) is 9.08. The fourth-order valence-electron chi connectivity index (χ4n) is 3.25. The highest BCUT2D eigenvalue weighted by Gasteiger charge is 2.39. The Morgan fingerprint density at radius 2 is 2.14 bits per heavy atom. The van der Waals surface area contributed by atoms with Crippen molar-refractivity contribution in [2.45, 2.75) is 39.2 Å². The molecule has 1 saturated heterocycles. The minimum Gasteiger partial charge on any atom is -0.354 e. The van der Waals surface area contributed by atoms with Crippen LogP contribution in [0.5, 0.6) is 0 Å². The molecule has 1 amide bonds. The van der Waals surface area contributed by atoms with Gasteiger partial charge in [-0.15, -0.1) is 11.3 Å². The van der Waals surface area contributed by atoms with Crippen LogP contribution in [0.15, 0.2) is 17.5 Å². The molecule has 0 bridgehead atoms. The first kappa shape index (κ1) is 15.0. The Morgan fingerprint density at radius 1 is 1.43 bits per heavy atom. The van der Waals surface area contributed by atoms with Crippen molar-refractivity contribution < 1.29 is 4.79 Å². The lowest BCUT2D eigenvalue weighted by atomic mass is 9.97. The van der Waals surface area contributed by atoms with Crippen LogP contribution < -0.4 is 5.32 Å². The molecule has 3 rings (SSSR count). The number of hydrogen-bond donors (Lipinski definition) is 1. The number of thiophene rings is 1. The smallest absolute Gasteiger partial charge is 0.223 e. The molecular weight excluding hydrogens is 280 g/mol. The minimum absolute atomic E-state index is 0.259. The number of piperidine rings is 1. The van der Waals surface area contributed by atoms with Gasteiger partial charge in [0.15, 0.2) is 0 Å². The molecule has 1 aliphatic carbocycles. The minimum atomic E-state index is 0.259. The summed E-state index contributed by atoms with van der Waals surface area (Å²) in [4.78, 5) is 16.0. The lowest BCUT2D eigenvalue weighted by Crippen LogP contribution is -2.42. The highest BCUT2D eigenvalue weighted by molar-refractivity contribution is 7.10. The van der Waals surface area contributed by atoms with Crippen LogP contribution in [-0.2, 0) is 4.79 Å². The molecule has 2 fully saturated rings. The van der Waals surface area contributed by atoms with Gasteiger partial charge in [-0.3, -0.25) is 9.69 Å². The van der Waals surface area contributed by atoms with E-state index in [2.05, 4.69) is 41.6 Å². The molecule has 3 nitrogen and oxygen atoms in total. The normalized spacial score (nSPS) is 28.3. The summed E-state index contributed by atoms with van der Waals surface area (Å²) >= 11 is 1.81. The summed E-state index contributed by atoms with van der Waals surface area (Å²) in [7, 11) is 0. The number of rotatable bonds is 5. The highest BCUT2D eigenvalue weighted by Crippen LogP contribution is 2.38. The summed E-state index contributed by atoms with van der Waals surface area (Å²) in [5.74, 6) is 1.96. The van der Waals surface area contributed by atoms with E-state index in [0.29, 0.717) is 12.0 Å². The number of nitrogens with one attached hydrogen (secondary N) is 1. The second-order valence-corrected chi connectivity index (χ2v) is 7.79. The van der Waals surface area contributed by atoms with Crippen LogP contribution in [0.2, 0.25) is 0 Å². The zero-order chi connectivity index (χ0) is 14.8. The van der Waals surface area contributed by atoms with Gasteiger partial charge in [0.2, 0.25) is 5.91 Å². The maximum absolute atomic E-state index is 12.1. The van der Waals surface area contributed by atoms with Gasteiger partial charge in [-0.25, -0.2) is 0 Å². The van der Waals surface area contributed by atoms with Crippen LogP contribution >= 0.6 is 11.3 Å². The van der Waals surface area contributed by atoms with Crippen molar-refractivity contribution in [3.05, 3.63) is 22.4 Å². The Balaban J connectivity index is 1.61. The van der Waals surface area contributed by atoms with Gasteiger partial charge >= 0.3 is 0 Å². The van der Waals surface area contributed by atoms with Crippen molar-refractivity contribution in [3.8, 4) is 0 Å². The summed E-state index contributed by atoms with van der Waals surface area (Å²) in [5, 5.41) is 5.34. The fraction of sp³-hybridized carbons (Fsp3) is 0.706. The molecule has 0 radical (unpaired) electrons. The van der Waals surface area contributed by atoms with Crippen LogP contribution in [0.3, 0.4) is 0 Å². The third-order valence-electron chi connectivity index (χ3n) is 5.05. The molecular formula is C17H26N2OS. The van der Waals surface area contributed by atoms with Crippen LogP contribution in [0, 0.1) is 17.8 Å². The number of amides is 1. The van der Waals surface area contributed by atoms with Gasteiger partial charge < -0.3 is 5.32 Å². The number of nitrogens with zero attached hydrogens (tertiary/aromatic N) is 1. The molecule has 0 aromatic carbocycles. The topological polar surface area (TPSA) is 32.3 Å². The van der Waals surface area contributed by atoms with E-state index in [1.807, 2.05) is 11.3 Å². The van der Waals surface area contributed by atoms with Gasteiger partial charge in [0.25, 0.3) is 0 Å². The van der Waals surface area contributed by atoms with E-state index in [0.717, 1.165) is 32.0 Å². The molecule has 3 unspecified atom stereocenters. The van der Waals surface area contributed by atoms with E-state index in [9.17, 15) is 4.79 Å². The van der Waals surface area contributed by atoms with Crippen LogP contribution in [-0.4, -0.2) is 30.4 Å². The summed E-state index contributed by atoms with van der Waals surface area (Å²) in [6.45, 7) is 7.57. The van der Waals surface area contributed by atoms with E-state index in [1.54, 1.807) is 0 Å². The third kappa shape index (κ3) is 3.67. The Morgan fingerprint density at radius 3 is 2.71 bits per heavy atom. The van der Waals surface area contributed by atoms with Gasteiger partial charge in [-0.2, -0.15) is 0 Å². The molecule has 116 valence electrons. The molecule has 1 aromatic heterocycles. The zero-order valence-electron chi connectivity index (χ0n) is 13.0. The Bertz CT molecular complexity index is 465. The molecule has 1 N–H and O–H groups in total. The van der Waals surface area contributed by atoms with Crippen molar-refractivity contribution in [2.24, 2.45) is 17.8 Å². The Hall–Kier alpha value is -0.870. The summed E-state index contributed by atoms with van der Waals surface area (Å²) in [6.07, 6.45) is 3.61. The summed E-state index contributed by atoms with van der Waals surface area (Å²) in [6, 6.07) is 4.68. The number of carbonyl (C=O) groups excluding carboxylic acids is 1. The average molecular weight is 306 g/mol. The van der Waals surface area contributed by atoms with Gasteiger partial charge in [0.05, 0.1) is 6.04 Å². The predicted octanol–water partition coefficient (Wildman–Crippen LogP) is 3.29. The standard InChI is InChI=1S/C17H26N2OS/c1-12-5-7-19(8-6-12)15(16-4-3-9-21-16)11-18-17(20)14-10-13(14)2/h3-4,9,12-15H,5-8,10-11H2,1-2H3,(H,18,20). The van der Waals surface area contributed by atoms with Crippen molar-refractivity contribution in [1.29, 1.82) is 0 Å². The van der Waals surface area contributed by atoms with Crippen LogP contribution in [0.25, 0.3) is 0 Å². The molecule has 2 heterocycles. The summed E-state index contributed by atoms with van der Waals surface area (Å²) in [5.41, 5.74) is 0. The van der Waals surface area contributed by atoms with Crippen LogP contribution in [0.1, 0.15) is 44.0 Å². The monoisotopic (exact) mass is 306 g/mol. The van der Waals surface area contributed by atoms with Gasteiger partial charge in [0.1, 0.15) is 0 Å². The number of carbonyl (C=O) groups is 1. The molecule has 3 atom stereocenters. The number of likely N-dealkylation sites (tertiary alicyclic amines) is 1. The third-order valence-corrected chi connectivity index (χ3v) is 6.02. The molecule has 0 spiro atoms. The number of hydrogen-bond acceptors (Lipinski definition) is 3. The molecule has 4 heteroatoms. The van der Waals surface area contributed by atoms with E-state index >= 15 is 0 Å². The molecule has 1 aliphatic heterocycles. The summed E-state index contributed by atoms with van der Waals surface area (Å²) < 4.78 is 0. The predicted molar refractivity (Wildman–Crippen MR) is 87.3 cm³/mol. The van der Waals surface area contributed by atoms with Crippen LogP contribution in [0.4, 0.5) is 0 Å². The maximum atomic E-state index is 12.1. The Kier molecular flexibility index (Phi) is 4.65. The van der Waals surface area contributed by atoms with Gasteiger partial charge in [-0.1, -0.05) is 19.9 Å². The second-order valence-electron chi connectivity index (χ2n) is 6.81. The quantitative estimate of drug-likeness (QED) is 0.905. The molecule has 2 aliphatic rings. The molecule has 1 aromatic rings. The van der Waals surface area contributed by atoms with Gasteiger partial charge in [0, 0.05) is 17.3 Å². The highest BCUT2D eigenvalue weighted by atomic mass is 32.1. The van der Waals surface area contributed by atoms with E-state index < -0.39 is 0 Å². The fourth-order valence-corrected chi connectivity index (χ4v) is 4.11. The zero-order valence-corrected chi connectivity index (χ0v) is 13.9. The van der Waals surface area contributed by atoms with E-state index in [4.69, 9.17) is 0 Å². The second kappa shape index (κ2) is 6.49. The average Bonchev–Trinajstić information content (AvgIpc) is 2.99. The first-order valence-electron chi connectivity index (χ1n) is 8.20. The Labute approximate surface area is 131 Å². The van der Waals surface area contributed by atoms with E-state index in [1.165, 1.54) is 17.7 Å². The van der Waals surface area contributed by atoms with Crippen molar-refractivity contribution in [1.82, 2.24) is 10.2 Å². The van der Waals surface area contributed by atoms with Gasteiger partial charge in [-0.05, 0) is 55.6 Å².